The van der Waals surface area contributed by atoms with Crippen LogP contribution in [0.15, 0.2) is 30.3 Å². The number of carbonyl (C=O) groups is 1. The summed E-state index contributed by atoms with van der Waals surface area (Å²) in [5.74, 6) is -0.830. The van der Waals surface area contributed by atoms with Gasteiger partial charge in [0.25, 0.3) is 0 Å². The lowest BCUT2D eigenvalue weighted by Gasteiger charge is -2.16. The van der Waals surface area contributed by atoms with Crippen LogP contribution in [0, 0.1) is 38.3 Å². The fourth-order valence-corrected chi connectivity index (χ4v) is 3.60. The number of rotatable bonds is 10. The molecule has 0 amide bonds. The summed E-state index contributed by atoms with van der Waals surface area (Å²) in [7, 11) is 1.41. The van der Waals surface area contributed by atoms with E-state index in [0.29, 0.717) is 29.7 Å². The maximum Gasteiger partial charge on any atom is 0.308 e. The molecular formula is C24H31F2NO2. The van der Waals surface area contributed by atoms with E-state index >= 15 is 0 Å². The summed E-state index contributed by atoms with van der Waals surface area (Å²) in [4.78, 5) is 12.2. The van der Waals surface area contributed by atoms with Crippen LogP contribution in [0.2, 0.25) is 0 Å². The van der Waals surface area contributed by atoms with E-state index in [1.807, 2.05) is 18.2 Å². The predicted molar refractivity (Wildman–Crippen MR) is 112 cm³/mol. The van der Waals surface area contributed by atoms with Crippen LogP contribution in [-0.4, -0.2) is 19.6 Å². The predicted octanol–water partition coefficient (Wildman–Crippen LogP) is 5.18. The fourth-order valence-electron chi connectivity index (χ4n) is 3.60. The minimum Gasteiger partial charge on any atom is -0.469 e. The molecule has 2 aromatic rings. The number of ether oxygens (including phenoxy) is 1. The van der Waals surface area contributed by atoms with Crippen LogP contribution in [-0.2, 0) is 22.5 Å². The van der Waals surface area contributed by atoms with E-state index in [9.17, 15) is 13.6 Å². The Morgan fingerprint density at radius 1 is 1.00 bits per heavy atom. The molecule has 0 aliphatic heterocycles. The minimum atomic E-state index is -0.232. The van der Waals surface area contributed by atoms with Crippen molar-refractivity contribution in [2.24, 2.45) is 5.92 Å². The van der Waals surface area contributed by atoms with E-state index in [4.69, 9.17) is 4.74 Å². The molecule has 0 bridgehead atoms. The smallest absolute Gasteiger partial charge is 0.308 e. The van der Waals surface area contributed by atoms with Gasteiger partial charge in [0, 0.05) is 6.54 Å². The standard InChI is InChI=1S/C24H31F2NO2/c1-16-11-19(8-9-22(16)25)15-27-10-6-5-7-21(24(28)29-4)14-20-12-17(2)23(26)18(3)13-20/h8-9,11-13,21,27H,5-7,10,14-15H2,1-4H3/t21-/m0/s1. The Balaban J connectivity index is 1.80. The van der Waals surface area contributed by atoms with Gasteiger partial charge in [0.15, 0.2) is 0 Å². The number of benzene rings is 2. The van der Waals surface area contributed by atoms with Crippen molar-refractivity contribution in [1.82, 2.24) is 5.32 Å². The third kappa shape index (κ3) is 6.93. The first-order chi connectivity index (χ1) is 13.8. The van der Waals surface area contributed by atoms with Gasteiger partial charge < -0.3 is 10.1 Å². The fraction of sp³-hybridized carbons (Fsp3) is 0.458. The largest absolute Gasteiger partial charge is 0.469 e. The molecule has 0 fully saturated rings. The van der Waals surface area contributed by atoms with Gasteiger partial charge in [-0.1, -0.05) is 30.7 Å². The average Bonchev–Trinajstić information content (AvgIpc) is 2.69. The van der Waals surface area contributed by atoms with Gasteiger partial charge in [0.1, 0.15) is 11.6 Å². The first-order valence-electron chi connectivity index (χ1n) is 10.1. The number of esters is 1. The molecule has 1 N–H and O–H groups in total. The summed E-state index contributed by atoms with van der Waals surface area (Å²) in [6.45, 7) is 6.76. The van der Waals surface area contributed by atoms with Crippen LogP contribution < -0.4 is 5.32 Å². The summed E-state index contributed by atoms with van der Waals surface area (Å²) in [6, 6.07) is 8.75. The highest BCUT2D eigenvalue weighted by atomic mass is 19.1. The normalized spacial score (nSPS) is 12.1. The van der Waals surface area contributed by atoms with Gasteiger partial charge in [0.2, 0.25) is 0 Å². The highest BCUT2D eigenvalue weighted by Crippen LogP contribution is 2.21. The van der Waals surface area contributed by atoms with E-state index in [-0.39, 0.29) is 23.5 Å². The molecule has 0 aromatic heterocycles. The van der Waals surface area contributed by atoms with E-state index in [0.717, 1.165) is 36.9 Å². The van der Waals surface area contributed by atoms with Gasteiger partial charge in [-0.15, -0.1) is 0 Å². The molecule has 0 saturated heterocycles. The lowest BCUT2D eigenvalue weighted by atomic mass is 9.92. The second-order valence-electron chi connectivity index (χ2n) is 7.72. The van der Waals surface area contributed by atoms with Crippen LogP contribution in [0.25, 0.3) is 0 Å². The van der Waals surface area contributed by atoms with Crippen molar-refractivity contribution < 1.29 is 18.3 Å². The second-order valence-corrected chi connectivity index (χ2v) is 7.72. The Bertz CT molecular complexity index is 813. The van der Waals surface area contributed by atoms with Crippen LogP contribution in [0.3, 0.4) is 0 Å². The second kappa shape index (κ2) is 11.1. The molecule has 0 saturated carbocycles. The van der Waals surface area contributed by atoms with Gasteiger partial charge in [-0.3, -0.25) is 4.79 Å². The molecule has 29 heavy (non-hydrogen) atoms. The topological polar surface area (TPSA) is 38.3 Å². The summed E-state index contributed by atoms with van der Waals surface area (Å²) in [5.41, 5.74) is 3.86. The van der Waals surface area contributed by atoms with Crippen molar-refractivity contribution in [3.63, 3.8) is 0 Å². The molecule has 0 radical (unpaired) electrons. The Labute approximate surface area is 172 Å². The third-order valence-electron chi connectivity index (χ3n) is 5.22. The highest BCUT2D eigenvalue weighted by molar-refractivity contribution is 5.72. The van der Waals surface area contributed by atoms with Crippen molar-refractivity contribution in [3.05, 3.63) is 69.8 Å². The van der Waals surface area contributed by atoms with Gasteiger partial charge in [-0.05, 0) is 80.5 Å². The maximum absolute atomic E-state index is 13.8. The lowest BCUT2D eigenvalue weighted by Crippen LogP contribution is -2.20. The van der Waals surface area contributed by atoms with Crippen LogP contribution in [0.4, 0.5) is 8.78 Å². The molecular weight excluding hydrogens is 372 g/mol. The van der Waals surface area contributed by atoms with Crippen molar-refractivity contribution in [1.29, 1.82) is 0 Å². The first-order valence-corrected chi connectivity index (χ1v) is 10.1. The Morgan fingerprint density at radius 3 is 2.28 bits per heavy atom. The van der Waals surface area contributed by atoms with E-state index in [2.05, 4.69) is 5.32 Å². The number of aryl methyl sites for hydroxylation is 3. The number of unbranched alkanes of at least 4 members (excludes halogenated alkanes) is 1. The monoisotopic (exact) mass is 403 g/mol. The summed E-state index contributed by atoms with van der Waals surface area (Å²) in [5, 5.41) is 3.36. The molecule has 158 valence electrons. The molecule has 0 unspecified atom stereocenters. The first kappa shape index (κ1) is 23.0. The van der Waals surface area contributed by atoms with Crippen LogP contribution >= 0.6 is 0 Å². The molecule has 0 spiro atoms. The molecule has 3 nitrogen and oxygen atoms in total. The summed E-state index contributed by atoms with van der Waals surface area (Å²) in [6.07, 6.45) is 3.08. The lowest BCUT2D eigenvalue weighted by molar-refractivity contribution is -0.145. The van der Waals surface area contributed by atoms with Gasteiger partial charge in [0.05, 0.1) is 13.0 Å². The zero-order valence-electron chi connectivity index (χ0n) is 17.8. The number of nitrogens with one attached hydrogen (secondary N) is 1. The molecule has 5 heteroatoms. The number of hydrogen-bond acceptors (Lipinski definition) is 3. The molecule has 0 aliphatic rings. The molecule has 2 rings (SSSR count). The van der Waals surface area contributed by atoms with E-state index < -0.39 is 0 Å². The maximum atomic E-state index is 13.8. The van der Waals surface area contributed by atoms with Crippen molar-refractivity contribution >= 4 is 5.97 Å². The molecule has 0 aliphatic carbocycles. The van der Waals surface area contributed by atoms with E-state index in [1.54, 1.807) is 26.8 Å². The number of halogens is 2. The number of hydrogen-bond donors (Lipinski definition) is 1. The zero-order valence-corrected chi connectivity index (χ0v) is 17.8. The number of carbonyl (C=O) groups excluding carboxylic acids is 1. The summed E-state index contributed by atoms with van der Waals surface area (Å²) < 4.78 is 32.1. The Kier molecular flexibility index (Phi) is 8.77. The van der Waals surface area contributed by atoms with Crippen LogP contribution in [0.5, 0.6) is 0 Å². The average molecular weight is 404 g/mol. The zero-order chi connectivity index (χ0) is 21.4. The van der Waals surface area contributed by atoms with Crippen LogP contribution in [0.1, 0.15) is 47.1 Å². The third-order valence-corrected chi connectivity index (χ3v) is 5.22. The Morgan fingerprint density at radius 2 is 1.66 bits per heavy atom. The van der Waals surface area contributed by atoms with Crippen molar-refractivity contribution in [2.75, 3.05) is 13.7 Å². The van der Waals surface area contributed by atoms with Gasteiger partial charge in [-0.25, -0.2) is 8.78 Å². The summed E-state index contributed by atoms with van der Waals surface area (Å²) >= 11 is 0. The van der Waals surface area contributed by atoms with Crippen molar-refractivity contribution in [2.45, 2.75) is 53.0 Å². The SMILES string of the molecule is COC(=O)[C@@H](CCCCNCc1ccc(F)c(C)c1)Cc1cc(C)c(F)c(C)c1. The molecule has 2 aromatic carbocycles. The molecule has 1 atom stereocenters. The molecule has 0 heterocycles. The van der Waals surface area contributed by atoms with Gasteiger partial charge in [-0.2, -0.15) is 0 Å². The van der Waals surface area contributed by atoms with Crippen molar-refractivity contribution in [3.8, 4) is 0 Å². The number of methoxy groups -OCH3 is 1. The Hall–Kier alpha value is -2.27. The van der Waals surface area contributed by atoms with Gasteiger partial charge >= 0.3 is 5.97 Å². The highest BCUT2D eigenvalue weighted by Gasteiger charge is 2.20. The van der Waals surface area contributed by atoms with E-state index in [1.165, 1.54) is 13.2 Å². The minimum absolute atomic E-state index is 0.186. The quantitative estimate of drug-likeness (QED) is 0.439.